The molecule has 2 atom stereocenters. The predicted molar refractivity (Wildman–Crippen MR) is 80.4 cm³/mol. The molecule has 0 radical (unpaired) electrons. The summed E-state index contributed by atoms with van der Waals surface area (Å²) < 4.78 is 0. The summed E-state index contributed by atoms with van der Waals surface area (Å²) in [7, 11) is 1.72. The Hall–Kier alpha value is -1.10. The fourth-order valence-electron chi connectivity index (χ4n) is 2.78. The van der Waals surface area contributed by atoms with Gasteiger partial charge in [0.05, 0.1) is 12.6 Å². The van der Waals surface area contributed by atoms with Gasteiger partial charge in [-0.3, -0.25) is 9.59 Å². The van der Waals surface area contributed by atoms with Gasteiger partial charge in [0.1, 0.15) is 0 Å². The molecule has 1 N–H and O–H groups in total. The van der Waals surface area contributed by atoms with Crippen LogP contribution >= 0.6 is 0 Å². The van der Waals surface area contributed by atoms with Gasteiger partial charge >= 0.3 is 0 Å². The van der Waals surface area contributed by atoms with Crippen molar-refractivity contribution in [3.63, 3.8) is 0 Å². The molecular weight excluding hydrogens is 254 g/mol. The highest BCUT2D eigenvalue weighted by molar-refractivity contribution is 5.87. The molecule has 0 aromatic carbocycles. The Balaban J connectivity index is 2.51. The molecule has 5 nitrogen and oxygen atoms in total. The topological polar surface area (TPSA) is 52.7 Å². The molecule has 0 aromatic rings. The van der Waals surface area contributed by atoms with Crippen molar-refractivity contribution in [2.24, 2.45) is 5.92 Å². The van der Waals surface area contributed by atoms with Crippen LogP contribution in [0.3, 0.4) is 0 Å². The molecule has 5 heteroatoms. The number of hydrogen-bond donors (Lipinski definition) is 1. The Morgan fingerprint density at radius 2 is 1.85 bits per heavy atom. The number of nitrogens with one attached hydrogen (secondary N) is 1. The van der Waals surface area contributed by atoms with E-state index in [4.69, 9.17) is 0 Å². The number of carbonyl (C=O) groups excluding carboxylic acids is 2. The first-order valence-corrected chi connectivity index (χ1v) is 7.79. The fourth-order valence-corrected chi connectivity index (χ4v) is 2.78. The Morgan fingerprint density at radius 1 is 1.20 bits per heavy atom. The number of hydrogen-bond acceptors (Lipinski definition) is 3. The average Bonchev–Trinajstić information content (AvgIpc) is 2.47. The van der Waals surface area contributed by atoms with Gasteiger partial charge < -0.3 is 15.1 Å². The molecule has 2 amide bonds. The van der Waals surface area contributed by atoms with Crippen molar-refractivity contribution >= 4 is 11.8 Å². The van der Waals surface area contributed by atoms with Crippen molar-refractivity contribution in [2.75, 3.05) is 33.2 Å². The molecule has 1 rings (SSSR count). The molecule has 0 spiro atoms. The van der Waals surface area contributed by atoms with Crippen LogP contribution in [0.4, 0.5) is 0 Å². The van der Waals surface area contributed by atoms with Crippen molar-refractivity contribution in [3.8, 4) is 0 Å². The van der Waals surface area contributed by atoms with E-state index in [1.807, 2.05) is 13.8 Å². The lowest BCUT2D eigenvalue weighted by molar-refractivity contribution is -0.140. The quantitative estimate of drug-likeness (QED) is 0.794. The Labute approximate surface area is 122 Å². The average molecular weight is 283 g/mol. The molecule has 20 heavy (non-hydrogen) atoms. The standard InChI is InChI=1S/C15H29N3O2/c1-5-12-8-9-16-13(10-12)15(20)17(4)11-14(19)18(6-2)7-3/h12-13,16H,5-11H2,1-4H3. The molecule has 0 bridgehead atoms. The normalized spacial score (nSPS) is 22.4. The summed E-state index contributed by atoms with van der Waals surface area (Å²) in [5.74, 6) is 0.689. The van der Waals surface area contributed by atoms with Gasteiger partial charge in [0.2, 0.25) is 11.8 Å². The van der Waals surface area contributed by atoms with E-state index in [9.17, 15) is 9.59 Å². The molecule has 0 aromatic heterocycles. The Morgan fingerprint density at radius 3 is 2.40 bits per heavy atom. The number of piperidine rings is 1. The summed E-state index contributed by atoms with van der Waals surface area (Å²) >= 11 is 0. The first-order valence-electron chi connectivity index (χ1n) is 7.79. The summed E-state index contributed by atoms with van der Waals surface area (Å²) in [6, 6.07) is -0.122. The minimum Gasteiger partial charge on any atom is -0.342 e. The van der Waals surface area contributed by atoms with Gasteiger partial charge in [0.15, 0.2) is 0 Å². The van der Waals surface area contributed by atoms with Gasteiger partial charge in [-0.05, 0) is 39.2 Å². The van der Waals surface area contributed by atoms with E-state index in [1.165, 1.54) is 0 Å². The van der Waals surface area contributed by atoms with Crippen LogP contribution in [-0.4, -0.2) is 60.9 Å². The van der Waals surface area contributed by atoms with Crippen LogP contribution in [0.1, 0.15) is 40.0 Å². The Bertz CT molecular complexity index is 329. The molecule has 0 aliphatic carbocycles. The largest absolute Gasteiger partial charge is 0.342 e. The number of carbonyl (C=O) groups is 2. The van der Waals surface area contributed by atoms with E-state index in [0.717, 1.165) is 25.8 Å². The second kappa shape index (κ2) is 8.25. The predicted octanol–water partition coefficient (Wildman–Crippen LogP) is 1.09. The highest BCUT2D eigenvalue weighted by atomic mass is 16.2. The van der Waals surface area contributed by atoms with Crippen molar-refractivity contribution in [1.82, 2.24) is 15.1 Å². The van der Waals surface area contributed by atoms with E-state index in [2.05, 4.69) is 12.2 Å². The zero-order valence-corrected chi connectivity index (χ0v) is 13.3. The van der Waals surface area contributed by atoms with Gasteiger partial charge in [-0.15, -0.1) is 0 Å². The zero-order chi connectivity index (χ0) is 15.1. The first kappa shape index (κ1) is 17.0. The Kier molecular flexibility index (Phi) is 6.99. The molecular formula is C15H29N3O2. The lowest BCUT2D eigenvalue weighted by atomic mass is 9.90. The molecule has 116 valence electrons. The maximum absolute atomic E-state index is 12.4. The van der Waals surface area contributed by atoms with Gasteiger partial charge in [-0.25, -0.2) is 0 Å². The molecule has 0 saturated carbocycles. The minimum absolute atomic E-state index is 0.0219. The van der Waals surface area contributed by atoms with Crippen molar-refractivity contribution in [1.29, 1.82) is 0 Å². The molecule has 1 aliphatic heterocycles. The van der Waals surface area contributed by atoms with Crippen molar-refractivity contribution in [2.45, 2.75) is 46.1 Å². The SMILES string of the molecule is CCC1CCNC(C(=O)N(C)CC(=O)N(CC)CC)C1. The van der Waals surface area contributed by atoms with Crippen LogP contribution in [0.15, 0.2) is 0 Å². The third-order valence-electron chi connectivity index (χ3n) is 4.25. The lowest BCUT2D eigenvalue weighted by Crippen LogP contribution is -2.51. The van der Waals surface area contributed by atoms with E-state index in [1.54, 1.807) is 16.8 Å². The molecule has 1 heterocycles. The molecule has 1 fully saturated rings. The molecule has 1 saturated heterocycles. The van der Waals surface area contributed by atoms with Crippen LogP contribution in [0.5, 0.6) is 0 Å². The van der Waals surface area contributed by atoms with Crippen molar-refractivity contribution < 1.29 is 9.59 Å². The number of nitrogens with zero attached hydrogens (tertiary/aromatic N) is 2. The smallest absolute Gasteiger partial charge is 0.242 e. The van der Waals surface area contributed by atoms with Crippen LogP contribution in [0.25, 0.3) is 0 Å². The van der Waals surface area contributed by atoms with Crippen LogP contribution < -0.4 is 5.32 Å². The summed E-state index contributed by atoms with van der Waals surface area (Å²) in [6.45, 7) is 8.54. The highest BCUT2D eigenvalue weighted by Crippen LogP contribution is 2.20. The summed E-state index contributed by atoms with van der Waals surface area (Å²) in [5, 5.41) is 3.28. The van der Waals surface area contributed by atoms with Gasteiger partial charge in [0, 0.05) is 20.1 Å². The van der Waals surface area contributed by atoms with Crippen molar-refractivity contribution in [3.05, 3.63) is 0 Å². The number of likely N-dealkylation sites (N-methyl/N-ethyl adjacent to an activating group) is 2. The van der Waals surface area contributed by atoms with Crippen LogP contribution in [0.2, 0.25) is 0 Å². The monoisotopic (exact) mass is 283 g/mol. The highest BCUT2D eigenvalue weighted by Gasteiger charge is 2.29. The third-order valence-corrected chi connectivity index (χ3v) is 4.25. The van der Waals surface area contributed by atoms with E-state index < -0.39 is 0 Å². The third kappa shape index (κ3) is 4.47. The van der Waals surface area contributed by atoms with Crippen LogP contribution in [0, 0.1) is 5.92 Å². The van der Waals surface area contributed by atoms with Gasteiger partial charge in [-0.1, -0.05) is 13.3 Å². The zero-order valence-electron chi connectivity index (χ0n) is 13.3. The van der Waals surface area contributed by atoms with E-state index in [0.29, 0.717) is 19.0 Å². The van der Waals surface area contributed by atoms with Crippen LogP contribution in [-0.2, 0) is 9.59 Å². The summed E-state index contributed by atoms with van der Waals surface area (Å²) in [5.41, 5.74) is 0. The van der Waals surface area contributed by atoms with E-state index >= 15 is 0 Å². The molecule has 1 aliphatic rings. The van der Waals surface area contributed by atoms with Gasteiger partial charge in [-0.2, -0.15) is 0 Å². The number of rotatable bonds is 6. The fraction of sp³-hybridized carbons (Fsp3) is 0.867. The minimum atomic E-state index is -0.122. The maximum atomic E-state index is 12.4. The van der Waals surface area contributed by atoms with E-state index in [-0.39, 0.29) is 24.4 Å². The summed E-state index contributed by atoms with van der Waals surface area (Å²) in [4.78, 5) is 27.7. The first-order chi connectivity index (χ1) is 9.53. The summed E-state index contributed by atoms with van der Waals surface area (Å²) in [6.07, 6.45) is 3.15. The molecule has 2 unspecified atom stereocenters. The van der Waals surface area contributed by atoms with Gasteiger partial charge in [0.25, 0.3) is 0 Å². The second-order valence-electron chi connectivity index (χ2n) is 5.57. The number of amides is 2. The lowest BCUT2D eigenvalue weighted by Gasteiger charge is -2.32. The second-order valence-corrected chi connectivity index (χ2v) is 5.57. The maximum Gasteiger partial charge on any atom is 0.242 e.